The summed E-state index contributed by atoms with van der Waals surface area (Å²) in [5.74, 6) is -0.261. The topological polar surface area (TPSA) is 79.6 Å². The van der Waals surface area contributed by atoms with Gasteiger partial charge in [0, 0.05) is 19.2 Å². The van der Waals surface area contributed by atoms with E-state index in [2.05, 4.69) is 12.1 Å². The van der Waals surface area contributed by atoms with E-state index in [4.69, 9.17) is 4.98 Å². The SMILES string of the molecule is Cc1cc(C)c2nc(N(CCN(C)C)C(=O)c3ccc([N+](=O)[O-])s3)sc2c1. The molecule has 0 aliphatic carbocycles. The van der Waals surface area contributed by atoms with Crippen LogP contribution in [0.2, 0.25) is 0 Å². The molecule has 0 radical (unpaired) electrons. The van der Waals surface area contributed by atoms with Crippen LogP contribution in [-0.2, 0) is 0 Å². The highest BCUT2D eigenvalue weighted by atomic mass is 32.1. The van der Waals surface area contributed by atoms with Crippen LogP contribution in [0.15, 0.2) is 24.3 Å². The number of carbonyl (C=O) groups is 1. The number of amides is 1. The average Bonchev–Trinajstić information content (AvgIpc) is 3.21. The van der Waals surface area contributed by atoms with E-state index in [1.165, 1.54) is 23.5 Å². The average molecular weight is 405 g/mol. The molecule has 0 aliphatic rings. The fraction of sp³-hybridized carbons (Fsp3) is 0.333. The molecule has 0 saturated heterocycles. The van der Waals surface area contributed by atoms with Crippen molar-refractivity contribution in [1.29, 1.82) is 0 Å². The zero-order valence-electron chi connectivity index (χ0n) is 15.6. The molecule has 3 aromatic rings. The molecule has 27 heavy (non-hydrogen) atoms. The van der Waals surface area contributed by atoms with Gasteiger partial charge in [0.15, 0.2) is 5.13 Å². The predicted molar refractivity (Wildman–Crippen MR) is 110 cm³/mol. The van der Waals surface area contributed by atoms with Crippen LogP contribution in [-0.4, -0.2) is 47.9 Å². The lowest BCUT2D eigenvalue weighted by molar-refractivity contribution is -0.380. The van der Waals surface area contributed by atoms with Crippen LogP contribution in [0.4, 0.5) is 10.1 Å². The second-order valence-corrected chi connectivity index (χ2v) is 8.65. The van der Waals surface area contributed by atoms with Gasteiger partial charge in [0.25, 0.3) is 5.91 Å². The first-order chi connectivity index (χ1) is 12.8. The maximum absolute atomic E-state index is 13.1. The molecule has 0 aliphatic heterocycles. The largest absolute Gasteiger partial charge is 0.324 e. The maximum atomic E-state index is 13.1. The number of benzene rings is 1. The van der Waals surface area contributed by atoms with Gasteiger partial charge in [-0.1, -0.05) is 28.7 Å². The molecule has 0 unspecified atom stereocenters. The molecule has 0 spiro atoms. The molecule has 1 amide bonds. The van der Waals surface area contributed by atoms with Crippen LogP contribution in [0.5, 0.6) is 0 Å². The second-order valence-electron chi connectivity index (χ2n) is 6.58. The van der Waals surface area contributed by atoms with E-state index in [0.717, 1.165) is 32.7 Å². The Kier molecular flexibility index (Phi) is 5.54. The van der Waals surface area contributed by atoms with Crippen LogP contribution in [0, 0.1) is 24.0 Å². The first kappa shape index (κ1) is 19.4. The first-order valence-corrected chi connectivity index (χ1v) is 9.98. The molecule has 0 saturated carbocycles. The molecule has 0 bridgehead atoms. The highest BCUT2D eigenvalue weighted by Crippen LogP contribution is 2.33. The standard InChI is InChI=1S/C18H20N4O3S2/c1-11-9-12(2)16-14(10-11)27-18(19-16)21(8-7-20(3)4)17(23)13-5-6-15(26-13)22(24)25/h5-6,9-10H,7-8H2,1-4H3. The van der Waals surface area contributed by atoms with E-state index in [1.807, 2.05) is 32.8 Å². The summed E-state index contributed by atoms with van der Waals surface area (Å²) in [5, 5.41) is 11.5. The highest BCUT2D eigenvalue weighted by Gasteiger charge is 2.25. The minimum atomic E-state index is -0.477. The van der Waals surface area contributed by atoms with Crippen LogP contribution in [0.25, 0.3) is 10.2 Å². The number of thiazole rings is 1. The number of likely N-dealkylation sites (N-methyl/N-ethyl adjacent to an activating group) is 1. The summed E-state index contributed by atoms with van der Waals surface area (Å²) in [5.41, 5.74) is 3.11. The molecule has 3 rings (SSSR count). The van der Waals surface area contributed by atoms with E-state index >= 15 is 0 Å². The van der Waals surface area contributed by atoms with Crippen LogP contribution in [0.3, 0.4) is 0 Å². The van der Waals surface area contributed by atoms with E-state index in [-0.39, 0.29) is 10.9 Å². The number of anilines is 1. The van der Waals surface area contributed by atoms with E-state index in [1.54, 1.807) is 4.90 Å². The fourth-order valence-corrected chi connectivity index (χ4v) is 4.67. The van der Waals surface area contributed by atoms with Gasteiger partial charge < -0.3 is 4.90 Å². The molecular weight excluding hydrogens is 384 g/mol. The Bertz CT molecular complexity index is 1010. The van der Waals surface area contributed by atoms with Crippen LogP contribution < -0.4 is 4.90 Å². The maximum Gasteiger partial charge on any atom is 0.324 e. The number of hydrogen-bond acceptors (Lipinski definition) is 7. The van der Waals surface area contributed by atoms with Crippen molar-refractivity contribution in [3.05, 3.63) is 50.4 Å². The molecule has 2 aromatic heterocycles. The Morgan fingerprint density at radius 3 is 2.56 bits per heavy atom. The molecule has 0 N–H and O–H groups in total. The third kappa shape index (κ3) is 4.15. The van der Waals surface area contributed by atoms with Crippen molar-refractivity contribution < 1.29 is 9.72 Å². The quantitative estimate of drug-likeness (QED) is 0.457. The van der Waals surface area contributed by atoms with Gasteiger partial charge >= 0.3 is 5.00 Å². The summed E-state index contributed by atoms with van der Waals surface area (Å²) < 4.78 is 1.03. The molecule has 2 heterocycles. The smallest absolute Gasteiger partial charge is 0.308 e. The summed E-state index contributed by atoms with van der Waals surface area (Å²) >= 11 is 2.36. The van der Waals surface area contributed by atoms with E-state index in [0.29, 0.717) is 23.1 Å². The summed E-state index contributed by atoms with van der Waals surface area (Å²) in [6, 6.07) is 7.01. The number of rotatable bonds is 6. The molecule has 1 aromatic carbocycles. The second kappa shape index (κ2) is 7.71. The van der Waals surface area contributed by atoms with Gasteiger partial charge in [-0.3, -0.25) is 19.8 Å². The third-order valence-electron chi connectivity index (χ3n) is 4.05. The molecule has 7 nitrogen and oxygen atoms in total. The summed E-state index contributed by atoms with van der Waals surface area (Å²) in [4.78, 5) is 32.2. The van der Waals surface area contributed by atoms with Crippen molar-refractivity contribution in [1.82, 2.24) is 9.88 Å². The number of fused-ring (bicyclic) bond motifs is 1. The number of carbonyl (C=O) groups excluding carboxylic acids is 1. The van der Waals surface area contributed by atoms with Crippen molar-refractivity contribution in [3.63, 3.8) is 0 Å². The lowest BCUT2D eigenvalue weighted by Gasteiger charge is -2.21. The van der Waals surface area contributed by atoms with Gasteiger partial charge in [-0.05, 0) is 51.2 Å². The monoisotopic (exact) mass is 404 g/mol. The Morgan fingerprint density at radius 2 is 1.93 bits per heavy atom. The van der Waals surface area contributed by atoms with E-state index < -0.39 is 4.92 Å². The van der Waals surface area contributed by atoms with Crippen molar-refractivity contribution in [2.45, 2.75) is 13.8 Å². The third-order valence-corrected chi connectivity index (χ3v) is 6.10. The van der Waals surface area contributed by atoms with Crippen molar-refractivity contribution in [3.8, 4) is 0 Å². The van der Waals surface area contributed by atoms with Gasteiger partial charge in [0.1, 0.15) is 0 Å². The number of thiophene rings is 1. The number of hydrogen-bond donors (Lipinski definition) is 0. The fourth-order valence-electron chi connectivity index (χ4n) is 2.73. The van der Waals surface area contributed by atoms with Crippen LogP contribution >= 0.6 is 22.7 Å². The lowest BCUT2D eigenvalue weighted by Crippen LogP contribution is -2.36. The number of nitro groups is 1. The molecule has 9 heteroatoms. The van der Waals surface area contributed by atoms with Gasteiger partial charge in [-0.25, -0.2) is 4.98 Å². The Labute approximate surface area is 165 Å². The number of nitrogens with zero attached hydrogens (tertiary/aromatic N) is 4. The van der Waals surface area contributed by atoms with Crippen molar-refractivity contribution in [2.24, 2.45) is 0 Å². The van der Waals surface area contributed by atoms with E-state index in [9.17, 15) is 14.9 Å². The van der Waals surface area contributed by atoms with Gasteiger partial charge in [0.05, 0.1) is 20.0 Å². The lowest BCUT2D eigenvalue weighted by atomic mass is 10.1. The van der Waals surface area contributed by atoms with Gasteiger partial charge in [-0.2, -0.15) is 0 Å². The highest BCUT2D eigenvalue weighted by molar-refractivity contribution is 7.22. The van der Waals surface area contributed by atoms with Crippen molar-refractivity contribution in [2.75, 3.05) is 32.1 Å². The molecular formula is C18H20N4O3S2. The Morgan fingerprint density at radius 1 is 1.19 bits per heavy atom. The zero-order valence-corrected chi connectivity index (χ0v) is 17.2. The van der Waals surface area contributed by atoms with Crippen LogP contribution in [0.1, 0.15) is 20.8 Å². The Balaban J connectivity index is 2.01. The molecule has 142 valence electrons. The first-order valence-electron chi connectivity index (χ1n) is 8.35. The van der Waals surface area contributed by atoms with Crippen molar-refractivity contribution >= 4 is 48.9 Å². The molecule has 0 atom stereocenters. The minimum absolute atomic E-state index is 0.0401. The zero-order chi connectivity index (χ0) is 19.7. The van der Waals surface area contributed by atoms with Gasteiger partial charge in [-0.15, -0.1) is 0 Å². The number of aryl methyl sites for hydroxylation is 2. The number of aromatic nitrogens is 1. The minimum Gasteiger partial charge on any atom is -0.308 e. The summed E-state index contributed by atoms with van der Waals surface area (Å²) in [7, 11) is 3.87. The predicted octanol–water partition coefficient (Wildman–Crippen LogP) is 4.09. The normalized spacial score (nSPS) is 11.3. The molecule has 0 fully saturated rings. The van der Waals surface area contributed by atoms with Gasteiger partial charge in [0.2, 0.25) is 0 Å². The Hall–Kier alpha value is -2.36. The summed E-state index contributed by atoms with van der Waals surface area (Å²) in [6.45, 7) is 5.15. The summed E-state index contributed by atoms with van der Waals surface area (Å²) in [6.07, 6.45) is 0.